The minimum atomic E-state index is -0.915. The van der Waals surface area contributed by atoms with Gasteiger partial charge in [0, 0.05) is 11.1 Å². The Morgan fingerprint density at radius 2 is 1.90 bits per heavy atom. The van der Waals surface area contributed by atoms with Crippen LogP contribution in [0.3, 0.4) is 0 Å². The van der Waals surface area contributed by atoms with Crippen LogP contribution in [0.5, 0.6) is 0 Å². The summed E-state index contributed by atoms with van der Waals surface area (Å²) in [5.41, 5.74) is 3.12. The van der Waals surface area contributed by atoms with Gasteiger partial charge in [-0.2, -0.15) is 0 Å². The van der Waals surface area contributed by atoms with E-state index in [2.05, 4.69) is 0 Å². The number of fused-ring (bicyclic) bond motifs is 1. The number of aliphatic carboxylic acids is 1. The van der Waals surface area contributed by atoms with Crippen LogP contribution in [0.15, 0.2) is 53.1 Å². The van der Waals surface area contributed by atoms with Gasteiger partial charge in [-0.25, -0.2) is 4.39 Å². The Balaban J connectivity index is 2.15. The Labute approximate surface area is 114 Å². The Kier molecular flexibility index (Phi) is 2.99. The number of hydrogen-bond donors (Lipinski definition) is 1. The maximum Gasteiger partial charge on any atom is 0.307 e. The van der Waals surface area contributed by atoms with Crippen molar-refractivity contribution < 1.29 is 18.7 Å². The molecular weight excluding hydrogens is 259 g/mol. The van der Waals surface area contributed by atoms with Gasteiger partial charge in [-0.1, -0.05) is 12.1 Å². The maximum absolute atomic E-state index is 13.0. The molecule has 0 unspecified atom stereocenters. The minimum Gasteiger partial charge on any atom is -0.481 e. The van der Waals surface area contributed by atoms with Crippen molar-refractivity contribution in [1.29, 1.82) is 0 Å². The summed E-state index contributed by atoms with van der Waals surface area (Å²) >= 11 is 0. The predicted octanol–water partition coefficient (Wildman–Crippen LogP) is 3.82. The van der Waals surface area contributed by atoms with Crippen LogP contribution in [0.2, 0.25) is 0 Å². The van der Waals surface area contributed by atoms with E-state index in [1.165, 1.54) is 18.4 Å². The first-order valence-electron chi connectivity index (χ1n) is 6.12. The van der Waals surface area contributed by atoms with E-state index in [9.17, 15) is 9.18 Å². The zero-order chi connectivity index (χ0) is 14.1. The van der Waals surface area contributed by atoms with Crippen LogP contribution in [0.4, 0.5) is 4.39 Å². The molecule has 0 bridgehead atoms. The first kappa shape index (κ1) is 12.4. The molecule has 0 spiro atoms. The van der Waals surface area contributed by atoms with Gasteiger partial charge in [-0.15, -0.1) is 0 Å². The molecule has 0 aromatic heterocycles. The van der Waals surface area contributed by atoms with Gasteiger partial charge < -0.3 is 9.52 Å². The third kappa shape index (κ3) is 2.16. The second kappa shape index (κ2) is 4.81. The summed E-state index contributed by atoms with van der Waals surface area (Å²) in [6.45, 7) is 0. The fraction of sp³-hybridized carbons (Fsp3) is 0.0625. The van der Waals surface area contributed by atoms with E-state index < -0.39 is 5.97 Å². The first-order chi connectivity index (χ1) is 9.65. The van der Waals surface area contributed by atoms with Gasteiger partial charge in [0.05, 0.1) is 12.7 Å². The SMILES string of the molecule is O=C(O)Cc1cc(-c2ccc(F)cc2)c2cccoc1-2. The van der Waals surface area contributed by atoms with Crippen molar-refractivity contribution in [1.82, 2.24) is 0 Å². The zero-order valence-corrected chi connectivity index (χ0v) is 10.5. The molecule has 1 aromatic carbocycles. The predicted molar refractivity (Wildman–Crippen MR) is 72.1 cm³/mol. The lowest BCUT2D eigenvalue weighted by molar-refractivity contribution is -0.136. The molecular formula is C16H11FO3. The third-order valence-electron chi connectivity index (χ3n) is 3.17. The van der Waals surface area contributed by atoms with E-state index >= 15 is 0 Å². The number of carboxylic acids is 1. The Morgan fingerprint density at radius 3 is 2.60 bits per heavy atom. The fourth-order valence-electron chi connectivity index (χ4n) is 2.32. The summed E-state index contributed by atoms with van der Waals surface area (Å²) in [4.78, 5) is 10.9. The van der Waals surface area contributed by atoms with Crippen molar-refractivity contribution in [2.75, 3.05) is 0 Å². The van der Waals surface area contributed by atoms with Crippen molar-refractivity contribution in [2.24, 2.45) is 0 Å². The Morgan fingerprint density at radius 1 is 1.15 bits per heavy atom. The van der Waals surface area contributed by atoms with E-state index in [4.69, 9.17) is 9.52 Å². The van der Waals surface area contributed by atoms with Gasteiger partial charge in [-0.05, 0) is 41.5 Å². The highest BCUT2D eigenvalue weighted by molar-refractivity contribution is 5.88. The third-order valence-corrected chi connectivity index (χ3v) is 3.17. The number of rotatable bonds is 3. The van der Waals surface area contributed by atoms with Gasteiger partial charge in [-0.3, -0.25) is 4.79 Å². The summed E-state index contributed by atoms with van der Waals surface area (Å²) in [7, 11) is 0. The molecule has 100 valence electrons. The normalized spacial score (nSPS) is 10.8. The van der Waals surface area contributed by atoms with Crippen LogP contribution in [0.1, 0.15) is 5.56 Å². The van der Waals surface area contributed by atoms with Gasteiger partial charge in [0.25, 0.3) is 0 Å². The molecule has 0 saturated carbocycles. The highest BCUT2D eigenvalue weighted by Gasteiger charge is 2.20. The maximum atomic E-state index is 13.0. The van der Waals surface area contributed by atoms with Crippen molar-refractivity contribution in [3.05, 3.63) is 60.1 Å². The molecule has 0 amide bonds. The van der Waals surface area contributed by atoms with E-state index in [0.717, 1.165) is 16.7 Å². The molecule has 1 heterocycles. The summed E-state index contributed by atoms with van der Waals surface area (Å²) in [6, 6.07) is 11.5. The van der Waals surface area contributed by atoms with Gasteiger partial charge in [0.15, 0.2) is 0 Å². The number of hydrogen-bond acceptors (Lipinski definition) is 2. The minimum absolute atomic E-state index is 0.106. The molecule has 20 heavy (non-hydrogen) atoms. The number of benzene rings is 1. The van der Waals surface area contributed by atoms with E-state index in [-0.39, 0.29) is 12.2 Å². The van der Waals surface area contributed by atoms with E-state index in [0.29, 0.717) is 11.3 Å². The van der Waals surface area contributed by atoms with Crippen LogP contribution in [0, 0.1) is 5.82 Å². The van der Waals surface area contributed by atoms with Gasteiger partial charge >= 0.3 is 5.97 Å². The summed E-state index contributed by atoms with van der Waals surface area (Å²) < 4.78 is 18.4. The second-order valence-corrected chi connectivity index (χ2v) is 4.52. The van der Waals surface area contributed by atoms with Crippen LogP contribution in [-0.4, -0.2) is 11.1 Å². The molecule has 3 nitrogen and oxygen atoms in total. The summed E-state index contributed by atoms with van der Waals surface area (Å²) in [5, 5.41) is 8.95. The Hall–Kier alpha value is -2.62. The molecule has 2 aliphatic rings. The quantitative estimate of drug-likeness (QED) is 0.787. The van der Waals surface area contributed by atoms with E-state index in [1.807, 2.05) is 6.07 Å². The molecule has 3 rings (SSSR count). The lowest BCUT2D eigenvalue weighted by Crippen LogP contribution is -1.99. The highest BCUT2D eigenvalue weighted by atomic mass is 19.1. The van der Waals surface area contributed by atoms with Crippen LogP contribution < -0.4 is 0 Å². The lowest BCUT2D eigenvalue weighted by atomic mass is 10.0. The fourth-order valence-corrected chi connectivity index (χ4v) is 2.32. The summed E-state index contributed by atoms with van der Waals surface area (Å²) in [6.07, 6.45) is 1.41. The molecule has 1 N–H and O–H groups in total. The molecule has 0 radical (unpaired) electrons. The molecule has 0 saturated heterocycles. The van der Waals surface area contributed by atoms with Crippen molar-refractivity contribution >= 4 is 5.97 Å². The average Bonchev–Trinajstić information content (AvgIpc) is 2.78. The van der Waals surface area contributed by atoms with Crippen LogP contribution in [-0.2, 0) is 11.2 Å². The zero-order valence-electron chi connectivity index (χ0n) is 10.5. The largest absolute Gasteiger partial charge is 0.481 e. The average molecular weight is 270 g/mol. The molecule has 1 aliphatic carbocycles. The standard InChI is InChI=1S/C16H11FO3/c17-12-5-3-10(4-6-12)14-8-11(9-15(18)19)16-13(14)2-1-7-20-16/h1-8H,9H2,(H,18,19). The highest BCUT2D eigenvalue weighted by Crippen LogP contribution is 2.39. The van der Waals surface area contributed by atoms with Crippen molar-refractivity contribution in [2.45, 2.75) is 6.42 Å². The van der Waals surface area contributed by atoms with Gasteiger partial charge in [0.2, 0.25) is 0 Å². The van der Waals surface area contributed by atoms with Gasteiger partial charge in [0.1, 0.15) is 11.6 Å². The number of carboxylic acid groups (broad SMARTS) is 1. The van der Waals surface area contributed by atoms with Crippen molar-refractivity contribution in [3.8, 4) is 22.5 Å². The monoisotopic (exact) mass is 270 g/mol. The number of carbonyl (C=O) groups is 1. The topological polar surface area (TPSA) is 50.4 Å². The molecule has 0 atom stereocenters. The van der Waals surface area contributed by atoms with Crippen molar-refractivity contribution in [3.63, 3.8) is 0 Å². The van der Waals surface area contributed by atoms with Crippen LogP contribution >= 0.6 is 0 Å². The second-order valence-electron chi connectivity index (χ2n) is 4.52. The first-order valence-corrected chi connectivity index (χ1v) is 6.12. The molecule has 1 aliphatic heterocycles. The van der Waals surface area contributed by atoms with E-state index in [1.54, 1.807) is 24.3 Å². The Bertz CT molecular complexity index is 728. The van der Waals surface area contributed by atoms with Crippen LogP contribution in [0.25, 0.3) is 22.5 Å². The molecule has 0 fully saturated rings. The molecule has 1 aromatic rings. The lowest BCUT2D eigenvalue weighted by Gasteiger charge is -2.03. The molecule has 4 heteroatoms. The number of halogens is 1. The smallest absolute Gasteiger partial charge is 0.307 e. The summed E-state index contributed by atoms with van der Waals surface area (Å²) in [5.74, 6) is -0.657.